The van der Waals surface area contributed by atoms with Crippen molar-refractivity contribution in [2.45, 2.75) is 72.5 Å². The summed E-state index contributed by atoms with van der Waals surface area (Å²) in [5.41, 5.74) is 0. The molecule has 7 rings (SSSR count). The molecule has 1 amide bonds. The van der Waals surface area contributed by atoms with Crippen molar-refractivity contribution < 1.29 is 28.5 Å². The smallest absolute Gasteiger partial charge is 0.220 e. The Morgan fingerprint density at radius 2 is 2.08 bits per heavy atom. The van der Waals surface area contributed by atoms with Crippen molar-refractivity contribution in [2.75, 3.05) is 51.9 Å². The molecular weight excluding hydrogens is 556 g/mol. The molecule has 0 spiro atoms. The molecule has 0 bridgehead atoms. The van der Waals surface area contributed by atoms with Gasteiger partial charge in [-0.1, -0.05) is 0 Å². The van der Waals surface area contributed by atoms with E-state index < -0.39 is 6.10 Å². The topological polar surface area (TPSA) is 134 Å². The van der Waals surface area contributed by atoms with Gasteiger partial charge in [-0.15, -0.1) is 23.5 Å². The van der Waals surface area contributed by atoms with Crippen LogP contribution in [0.1, 0.15) is 19.8 Å². The fourth-order valence-electron chi connectivity index (χ4n) is 6.83. The van der Waals surface area contributed by atoms with Crippen molar-refractivity contribution in [1.29, 1.82) is 0 Å². The zero-order valence-electron chi connectivity index (χ0n) is 22.7. The monoisotopic (exact) mass is 596 g/mol. The molecule has 222 valence electrons. The number of nitrogens with one attached hydrogen (secondary N) is 5. The standard InChI is InChI=1S/C26H40N6O6S2/c1-13(14-6-19(34)27-9-14)37-25-24-16(29-12-39-24)7-18(31-25)30-20-10-28-26(40-20)15-11-36-23-17(33)8-21(38-22(15)23)32-2-4-35-5-3-32/h8,13-16,18,20,22-26,28-31H,2-7,9-12H2,1H3,(H,27,34)/t13-,14-,15?,16?,18?,20?,22?,23?,24?,25?,26?/m0/s1. The molecule has 6 fully saturated rings. The van der Waals surface area contributed by atoms with Crippen LogP contribution < -0.4 is 26.6 Å². The van der Waals surface area contributed by atoms with Crippen LogP contribution in [-0.4, -0.2) is 121 Å². The van der Waals surface area contributed by atoms with Gasteiger partial charge < -0.3 is 39.8 Å². The van der Waals surface area contributed by atoms with E-state index in [1.54, 1.807) is 6.08 Å². The SMILES string of the molecule is C[C@H](OC1NC(NC2CNC(C3COC4C(=O)C=C(N5CCOCC5)OC43)S2)CC2NCSC21)[C@@H]1CNC(=O)C1. The van der Waals surface area contributed by atoms with E-state index >= 15 is 0 Å². The van der Waals surface area contributed by atoms with Crippen LogP contribution in [0, 0.1) is 11.8 Å². The van der Waals surface area contributed by atoms with Gasteiger partial charge in [0.15, 0.2) is 17.8 Å². The first-order valence-electron chi connectivity index (χ1n) is 14.6. The molecule has 40 heavy (non-hydrogen) atoms. The Hall–Kier alpha value is -1.10. The van der Waals surface area contributed by atoms with Gasteiger partial charge in [-0.2, -0.15) is 0 Å². The van der Waals surface area contributed by atoms with Crippen LogP contribution in [-0.2, 0) is 28.5 Å². The summed E-state index contributed by atoms with van der Waals surface area (Å²) in [4.78, 5) is 26.7. The Labute approximate surface area is 243 Å². The van der Waals surface area contributed by atoms with Crippen molar-refractivity contribution >= 4 is 35.2 Å². The number of hydrogen-bond acceptors (Lipinski definition) is 13. The Morgan fingerprint density at radius 3 is 2.90 bits per heavy atom. The molecule has 11 atom stereocenters. The predicted molar refractivity (Wildman–Crippen MR) is 150 cm³/mol. The number of hydrogen-bond donors (Lipinski definition) is 5. The molecule has 0 aromatic carbocycles. The molecule has 12 nitrogen and oxygen atoms in total. The maximum atomic E-state index is 12.9. The van der Waals surface area contributed by atoms with Gasteiger partial charge in [0.1, 0.15) is 12.3 Å². The number of nitrogens with zero attached hydrogens (tertiary/aromatic N) is 1. The largest absolute Gasteiger partial charge is 0.472 e. The highest BCUT2D eigenvalue weighted by Crippen LogP contribution is 2.39. The van der Waals surface area contributed by atoms with E-state index in [-0.39, 0.29) is 58.9 Å². The summed E-state index contributed by atoms with van der Waals surface area (Å²) in [6.07, 6.45) is 2.29. The third-order valence-electron chi connectivity index (χ3n) is 9.11. The van der Waals surface area contributed by atoms with Gasteiger partial charge in [0, 0.05) is 62.4 Å². The van der Waals surface area contributed by atoms with Crippen LogP contribution in [0.5, 0.6) is 0 Å². The number of morpholine rings is 1. The summed E-state index contributed by atoms with van der Waals surface area (Å²) >= 11 is 3.76. The Morgan fingerprint density at radius 1 is 1.20 bits per heavy atom. The van der Waals surface area contributed by atoms with Gasteiger partial charge in [-0.25, -0.2) is 0 Å². The van der Waals surface area contributed by atoms with E-state index in [0.717, 1.165) is 31.9 Å². The number of ketones is 1. The number of fused-ring (bicyclic) bond motifs is 2. The first kappa shape index (κ1) is 27.7. The van der Waals surface area contributed by atoms with Crippen molar-refractivity contribution in [3.05, 3.63) is 12.0 Å². The predicted octanol–water partition coefficient (Wildman–Crippen LogP) is -1.06. The summed E-state index contributed by atoms with van der Waals surface area (Å²) in [6.45, 7) is 6.83. The number of amides is 1. The Balaban J connectivity index is 0.951. The van der Waals surface area contributed by atoms with Gasteiger partial charge in [0.25, 0.3) is 0 Å². The number of rotatable bonds is 7. The number of piperidine rings is 1. The summed E-state index contributed by atoms with van der Waals surface area (Å²) < 4.78 is 24.4. The van der Waals surface area contributed by atoms with Crippen molar-refractivity contribution in [3.63, 3.8) is 0 Å². The van der Waals surface area contributed by atoms with E-state index in [1.807, 2.05) is 23.5 Å². The average molecular weight is 597 g/mol. The van der Waals surface area contributed by atoms with Crippen molar-refractivity contribution in [2.24, 2.45) is 11.8 Å². The summed E-state index contributed by atoms with van der Waals surface area (Å²) in [5.74, 6) is 1.98. The first-order chi connectivity index (χ1) is 19.5. The summed E-state index contributed by atoms with van der Waals surface area (Å²) in [7, 11) is 0. The van der Waals surface area contributed by atoms with Gasteiger partial charge in [-0.05, 0) is 13.3 Å². The van der Waals surface area contributed by atoms with Crippen LogP contribution in [0.3, 0.4) is 0 Å². The van der Waals surface area contributed by atoms with Crippen molar-refractivity contribution in [1.82, 2.24) is 31.5 Å². The molecule has 7 aliphatic heterocycles. The molecule has 5 N–H and O–H groups in total. The van der Waals surface area contributed by atoms with E-state index in [9.17, 15) is 9.59 Å². The van der Waals surface area contributed by atoms with Crippen LogP contribution in [0.2, 0.25) is 0 Å². The molecule has 14 heteroatoms. The lowest BCUT2D eigenvalue weighted by atomic mass is 9.97. The maximum Gasteiger partial charge on any atom is 0.220 e. The first-order valence-corrected chi connectivity index (χ1v) is 16.6. The molecule has 9 unspecified atom stereocenters. The van der Waals surface area contributed by atoms with Crippen LogP contribution in [0.25, 0.3) is 0 Å². The van der Waals surface area contributed by atoms with Gasteiger partial charge in [-0.3, -0.25) is 20.2 Å². The third-order valence-corrected chi connectivity index (χ3v) is 11.8. The molecule has 0 aliphatic carbocycles. The second-order valence-electron chi connectivity index (χ2n) is 11.7. The second-order valence-corrected chi connectivity index (χ2v) is 14.2. The second kappa shape index (κ2) is 11.9. The Kier molecular flexibility index (Phi) is 8.23. The zero-order valence-corrected chi connectivity index (χ0v) is 24.3. The zero-order chi connectivity index (χ0) is 27.2. The van der Waals surface area contributed by atoms with E-state index in [2.05, 4.69) is 38.4 Å². The molecule has 0 saturated carbocycles. The molecule has 0 aromatic rings. The molecule has 7 heterocycles. The van der Waals surface area contributed by atoms with E-state index in [0.29, 0.717) is 50.0 Å². The molecular formula is C26H40N6O6S2. The highest BCUT2D eigenvalue weighted by atomic mass is 32.2. The third kappa shape index (κ3) is 5.63. The van der Waals surface area contributed by atoms with Crippen LogP contribution in [0.15, 0.2) is 12.0 Å². The number of carbonyl (C=O) groups is 2. The minimum atomic E-state index is -0.530. The molecule has 6 saturated heterocycles. The molecule has 7 aliphatic rings. The lowest BCUT2D eigenvalue weighted by molar-refractivity contribution is -0.133. The molecule has 0 radical (unpaired) electrons. The molecule has 0 aromatic heterocycles. The normalized spacial score (nSPS) is 44.1. The van der Waals surface area contributed by atoms with Gasteiger partial charge >= 0.3 is 0 Å². The highest BCUT2D eigenvalue weighted by Gasteiger charge is 2.51. The fourth-order valence-corrected chi connectivity index (χ4v) is 9.51. The minimum Gasteiger partial charge on any atom is -0.472 e. The van der Waals surface area contributed by atoms with Gasteiger partial charge in [0.05, 0.1) is 48.1 Å². The lowest BCUT2D eigenvalue weighted by Crippen LogP contribution is -2.63. The van der Waals surface area contributed by atoms with E-state index in [1.165, 1.54) is 0 Å². The number of carbonyl (C=O) groups excluding carboxylic acids is 2. The minimum absolute atomic E-state index is 0.00108. The van der Waals surface area contributed by atoms with E-state index in [4.69, 9.17) is 18.9 Å². The van der Waals surface area contributed by atoms with Crippen LogP contribution in [0.4, 0.5) is 0 Å². The Bertz CT molecular complexity index is 1000. The summed E-state index contributed by atoms with van der Waals surface area (Å²) in [6, 6.07) is 0.371. The number of ether oxygens (including phenoxy) is 4. The quantitative estimate of drug-likeness (QED) is 0.245. The summed E-state index contributed by atoms with van der Waals surface area (Å²) in [5, 5.41) is 18.5. The lowest BCUT2D eigenvalue weighted by Gasteiger charge is -2.41. The van der Waals surface area contributed by atoms with Gasteiger partial charge in [0.2, 0.25) is 5.91 Å². The van der Waals surface area contributed by atoms with Crippen LogP contribution >= 0.6 is 23.5 Å². The number of thioether (sulfide) groups is 2. The highest BCUT2D eigenvalue weighted by molar-refractivity contribution is 8.00. The maximum absolute atomic E-state index is 12.9. The van der Waals surface area contributed by atoms with Crippen molar-refractivity contribution in [3.8, 4) is 0 Å². The fraction of sp³-hybridized carbons (Fsp3) is 0.846. The average Bonchev–Trinajstić information content (AvgIpc) is 3.76.